The Kier molecular flexibility index (Phi) is 5.94. The molecule has 1 aromatic carbocycles. The third-order valence-corrected chi connectivity index (χ3v) is 3.44. The molecule has 1 fully saturated rings. The summed E-state index contributed by atoms with van der Waals surface area (Å²) in [4.78, 5) is 17.4. The Bertz CT molecular complexity index is 476. The molecular formula is C15H20F2N2O3. The van der Waals surface area contributed by atoms with E-state index >= 15 is 0 Å². The number of alkyl halides is 2. The second-order valence-electron chi connectivity index (χ2n) is 5.00. The average Bonchev–Trinajstić information content (AvgIpc) is 2.53. The van der Waals surface area contributed by atoms with Gasteiger partial charge in [0.05, 0.1) is 19.2 Å². The van der Waals surface area contributed by atoms with Gasteiger partial charge in [0, 0.05) is 0 Å². The van der Waals surface area contributed by atoms with Crippen molar-refractivity contribution in [2.24, 2.45) is 0 Å². The van der Waals surface area contributed by atoms with Gasteiger partial charge in [0.25, 0.3) is 0 Å². The van der Waals surface area contributed by atoms with Crippen LogP contribution in [0.5, 0.6) is 5.75 Å². The SMILES string of the molecule is CCC(NC(=O)N1CCCCO1)c1ccc(OC(F)F)cc1. The summed E-state index contributed by atoms with van der Waals surface area (Å²) in [6.07, 6.45) is 2.55. The number of ether oxygens (including phenoxy) is 1. The smallest absolute Gasteiger partial charge is 0.387 e. The summed E-state index contributed by atoms with van der Waals surface area (Å²) in [5.41, 5.74) is 0.828. The summed E-state index contributed by atoms with van der Waals surface area (Å²) in [6.45, 7) is 0.211. The van der Waals surface area contributed by atoms with Crippen LogP contribution in [0.25, 0.3) is 0 Å². The number of halogens is 2. The molecule has 1 unspecified atom stereocenters. The summed E-state index contributed by atoms with van der Waals surface area (Å²) < 4.78 is 28.6. The molecule has 1 atom stereocenters. The van der Waals surface area contributed by atoms with Gasteiger partial charge in [0.1, 0.15) is 5.75 Å². The predicted octanol–water partition coefficient (Wildman–Crippen LogP) is 3.48. The fourth-order valence-corrected chi connectivity index (χ4v) is 2.28. The van der Waals surface area contributed by atoms with Crippen molar-refractivity contribution in [3.8, 4) is 5.75 Å². The van der Waals surface area contributed by atoms with E-state index in [1.807, 2.05) is 6.92 Å². The topological polar surface area (TPSA) is 50.8 Å². The lowest BCUT2D eigenvalue weighted by Gasteiger charge is -2.28. The highest BCUT2D eigenvalue weighted by molar-refractivity contribution is 5.73. The molecular weight excluding hydrogens is 294 g/mol. The fraction of sp³-hybridized carbons (Fsp3) is 0.533. The molecule has 7 heteroatoms. The first kappa shape index (κ1) is 16.5. The Hall–Kier alpha value is -1.89. The van der Waals surface area contributed by atoms with Crippen molar-refractivity contribution >= 4 is 6.03 Å². The van der Waals surface area contributed by atoms with Gasteiger partial charge in [-0.15, -0.1) is 0 Å². The normalized spacial score (nSPS) is 16.5. The van der Waals surface area contributed by atoms with E-state index in [1.54, 1.807) is 12.1 Å². The van der Waals surface area contributed by atoms with Crippen molar-refractivity contribution in [2.45, 2.75) is 38.8 Å². The molecule has 0 bridgehead atoms. The maximum atomic E-state index is 12.1. The molecule has 0 aliphatic carbocycles. The van der Waals surface area contributed by atoms with Crippen molar-refractivity contribution in [2.75, 3.05) is 13.2 Å². The third kappa shape index (κ3) is 4.56. The minimum Gasteiger partial charge on any atom is -0.435 e. The number of amides is 2. The summed E-state index contributed by atoms with van der Waals surface area (Å²) in [6, 6.07) is 5.78. The number of urea groups is 1. The quantitative estimate of drug-likeness (QED) is 0.905. The number of carbonyl (C=O) groups excluding carboxylic acids is 1. The monoisotopic (exact) mass is 314 g/mol. The van der Waals surface area contributed by atoms with Gasteiger partial charge >= 0.3 is 12.6 Å². The van der Waals surface area contributed by atoms with Crippen LogP contribution < -0.4 is 10.1 Å². The molecule has 1 saturated heterocycles. The first-order valence-corrected chi connectivity index (χ1v) is 7.36. The Labute approximate surface area is 128 Å². The van der Waals surface area contributed by atoms with Gasteiger partial charge in [-0.05, 0) is 37.0 Å². The minimum absolute atomic E-state index is 0.0966. The Morgan fingerprint density at radius 1 is 1.36 bits per heavy atom. The fourth-order valence-electron chi connectivity index (χ4n) is 2.28. The maximum Gasteiger partial charge on any atom is 0.387 e. The van der Waals surface area contributed by atoms with Gasteiger partial charge in [-0.3, -0.25) is 4.84 Å². The number of carbonyl (C=O) groups is 1. The first-order chi connectivity index (χ1) is 10.6. The number of nitrogens with one attached hydrogen (secondary N) is 1. The van der Waals surface area contributed by atoms with E-state index in [-0.39, 0.29) is 17.8 Å². The van der Waals surface area contributed by atoms with Crippen molar-refractivity contribution < 1.29 is 23.1 Å². The lowest BCUT2D eigenvalue weighted by atomic mass is 10.0. The van der Waals surface area contributed by atoms with E-state index in [9.17, 15) is 13.6 Å². The van der Waals surface area contributed by atoms with Crippen molar-refractivity contribution in [3.63, 3.8) is 0 Å². The summed E-state index contributed by atoms with van der Waals surface area (Å²) in [5, 5.41) is 4.22. The summed E-state index contributed by atoms with van der Waals surface area (Å²) in [7, 11) is 0. The highest BCUT2D eigenvalue weighted by atomic mass is 19.3. The number of rotatable bonds is 5. The maximum absolute atomic E-state index is 12.1. The Balaban J connectivity index is 1.96. The van der Waals surface area contributed by atoms with Crippen molar-refractivity contribution in [3.05, 3.63) is 29.8 Å². The zero-order chi connectivity index (χ0) is 15.9. The van der Waals surface area contributed by atoms with E-state index in [4.69, 9.17) is 4.84 Å². The molecule has 2 rings (SSSR count). The minimum atomic E-state index is -2.84. The van der Waals surface area contributed by atoms with Gasteiger partial charge in [-0.1, -0.05) is 19.1 Å². The van der Waals surface area contributed by atoms with Crippen LogP contribution in [-0.2, 0) is 4.84 Å². The summed E-state index contributed by atoms with van der Waals surface area (Å²) >= 11 is 0. The van der Waals surface area contributed by atoms with Crippen LogP contribution >= 0.6 is 0 Å². The molecule has 1 N–H and O–H groups in total. The van der Waals surface area contributed by atoms with E-state index in [2.05, 4.69) is 10.1 Å². The lowest BCUT2D eigenvalue weighted by Crippen LogP contribution is -2.43. The molecule has 1 aromatic rings. The second kappa shape index (κ2) is 7.93. The van der Waals surface area contributed by atoms with Gasteiger partial charge in [0.15, 0.2) is 0 Å². The Morgan fingerprint density at radius 3 is 2.64 bits per heavy atom. The van der Waals surface area contributed by atoms with Gasteiger partial charge in [-0.2, -0.15) is 8.78 Å². The van der Waals surface area contributed by atoms with Crippen LogP contribution in [0.4, 0.5) is 13.6 Å². The van der Waals surface area contributed by atoms with Crippen LogP contribution in [0.1, 0.15) is 37.8 Å². The van der Waals surface area contributed by atoms with Crippen LogP contribution in [0.2, 0.25) is 0 Å². The number of benzene rings is 1. The first-order valence-electron chi connectivity index (χ1n) is 7.36. The van der Waals surface area contributed by atoms with Crippen LogP contribution in [0.3, 0.4) is 0 Å². The highest BCUT2D eigenvalue weighted by Gasteiger charge is 2.21. The molecule has 0 radical (unpaired) electrons. The van der Waals surface area contributed by atoms with Crippen molar-refractivity contribution in [1.82, 2.24) is 10.4 Å². The predicted molar refractivity (Wildman–Crippen MR) is 76.5 cm³/mol. The molecule has 0 spiro atoms. The molecule has 2 amide bonds. The third-order valence-electron chi connectivity index (χ3n) is 3.44. The van der Waals surface area contributed by atoms with E-state index in [0.717, 1.165) is 18.4 Å². The van der Waals surface area contributed by atoms with Crippen molar-refractivity contribution in [1.29, 1.82) is 0 Å². The largest absolute Gasteiger partial charge is 0.435 e. The Morgan fingerprint density at radius 2 is 2.09 bits per heavy atom. The van der Waals surface area contributed by atoms with Gasteiger partial charge in [0.2, 0.25) is 0 Å². The summed E-state index contributed by atoms with van der Waals surface area (Å²) in [5.74, 6) is 0.0966. The van der Waals surface area contributed by atoms with E-state index in [1.165, 1.54) is 17.2 Å². The molecule has 122 valence electrons. The molecule has 0 saturated carbocycles. The van der Waals surface area contributed by atoms with Crippen LogP contribution in [0.15, 0.2) is 24.3 Å². The lowest BCUT2D eigenvalue weighted by molar-refractivity contribution is -0.139. The van der Waals surface area contributed by atoms with Crippen LogP contribution in [0, 0.1) is 0 Å². The standard InChI is InChI=1S/C15H20F2N2O3/c1-2-13(18-15(20)19-9-3-4-10-21-19)11-5-7-12(8-6-11)22-14(16)17/h5-8,13-14H,2-4,9-10H2,1H3,(H,18,20). The highest BCUT2D eigenvalue weighted by Crippen LogP contribution is 2.22. The number of hydroxylamine groups is 2. The molecule has 5 nitrogen and oxygen atoms in total. The molecule has 22 heavy (non-hydrogen) atoms. The molecule has 1 aliphatic heterocycles. The molecule has 1 aliphatic rings. The van der Waals surface area contributed by atoms with Gasteiger partial charge < -0.3 is 10.1 Å². The van der Waals surface area contributed by atoms with Crippen LogP contribution in [-0.4, -0.2) is 30.9 Å². The zero-order valence-corrected chi connectivity index (χ0v) is 12.4. The number of hydrogen-bond acceptors (Lipinski definition) is 3. The zero-order valence-electron chi connectivity index (χ0n) is 12.4. The number of nitrogens with zero attached hydrogens (tertiary/aromatic N) is 1. The molecule has 0 aromatic heterocycles. The van der Waals surface area contributed by atoms with Gasteiger partial charge in [-0.25, -0.2) is 9.86 Å². The molecule has 1 heterocycles. The second-order valence-corrected chi connectivity index (χ2v) is 5.00. The number of hydrogen-bond donors (Lipinski definition) is 1. The average molecular weight is 314 g/mol. The van der Waals surface area contributed by atoms with E-state index in [0.29, 0.717) is 19.6 Å². The van der Waals surface area contributed by atoms with E-state index < -0.39 is 6.61 Å².